The predicted molar refractivity (Wildman–Crippen MR) is 119 cm³/mol. The number of hydrogen-bond donors (Lipinski definition) is 3. The minimum atomic E-state index is -3.49. The van der Waals surface area contributed by atoms with Crippen molar-refractivity contribution in [3.8, 4) is 0 Å². The van der Waals surface area contributed by atoms with E-state index >= 15 is 8.78 Å². The standard InChI is InChI=1S/C24H29F2N3O4/c1-18(12-14-27-17-30)13-15-28-21(31)16-29-23(32)33-22(19-8-4-2-5-9-19)24(25,26)20-10-6-3-7-11-20/h2-11,17-18,22H,12-16H2,1H3,(H,27,30)(H,28,31)(H,29,32). The lowest BCUT2D eigenvalue weighted by atomic mass is 9.97. The van der Waals surface area contributed by atoms with Crippen LogP contribution in [0.15, 0.2) is 60.7 Å². The van der Waals surface area contributed by atoms with Gasteiger partial charge in [-0.3, -0.25) is 9.59 Å². The summed E-state index contributed by atoms with van der Waals surface area (Å²) >= 11 is 0. The highest BCUT2D eigenvalue weighted by Crippen LogP contribution is 2.42. The second kappa shape index (κ2) is 13.1. The van der Waals surface area contributed by atoms with Crippen LogP contribution in [0.1, 0.15) is 37.0 Å². The van der Waals surface area contributed by atoms with Gasteiger partial charge in [-0.2, -0.15) is 8.78 Å². The topological polar surface area (TPSA) is 96.5 Å². The van der Waals surface area contributed by atoms with E-state index in [0.29, 0.717) is 25.9 Å². The first-order valence-corrected chi connectivity index (χ1v) is 10.7. The van der Waals surface area contributed by atoms with Gasteiger partial charge >= 0.3 is 12.0 Å². The zero-order valence-electron chi connectivity index (χ0n) is 18.4. The molecular weight excluding hydrogens is 432 g/mol. The molecule has 178 valence electrons. The van der Waals surface area contributed by atoms with Crippen LogP contribution < -0.4 is 16.0 Å². The number of amides is 3. The Labute approximate surface area is 191 Å². The van der Waals surface area contributed by atoms with Gasteiger partial charge in [0.1, 0.15) is 0 Å². The molecule has 0 fully saturated rings. The van der Waals surface area contributed by atoms with Crippen molar-refractivity contribution in [1.29, 1.82) is 0 Å². The molecule has 0 aliphatic carbocycles. The molecule has 0 radical (unpaired) electrons. The number of ether oxygens (including phenoxy) is 1. The summed E-state index contributed by atoms with van der Waals surface area (Å²) in [6.45, 7) is 2.53. The quantitative estimate of drug-likeness (QED) is 0.314. The van der Waals surface area contributed by atoms with E-state index in [9.17, 15) is 14.4 Å². The summed E-state index contributed by atoms with van der Waals surface area (Å²) in [6.07, 6.45) is -0.892. The van der Waals surface area contributed by atoms with Gasteiger partial charge in [0.05, 0.1) is 6.54 Å². The van der Waals surface area contributed by atoms with Crippen LogP contribution in [0.3, 0.4) is 0 Å². The number of hydrogen-bond acceptors (Lipinski definition) is 4. The fraction of sp³-hybridized carbons (Fsp3) is 0.375. The molecule has 2 atom stereocenters. The van der Waals surface area contributed by atoms with Crippen LogP contribution in [0.5, 0.6) is 0 Å². The second-order valence-electron chi connectivity index (χ2n) is 7.64. The van der Waals surface area contributed by atoms with Crippen LogP contribution >= 0.6 is 0 Å². The smallest absolute Gasteiger partial charge is 0.408 e. The first-order valence-electron chi connectivity index (χ1n) is 10.7. The van der Waals surface area contributed by atoms with Crippen molar-refractivity contribution in [3.05, 3.63) is 71.8 Å². The largest absolute Gasteiger partial charge is 0.434 e. The molecule has 2 aromatic rings. The van der Waals surface area contributed by atoms with Gasteiger partial charge in [0, 0.05) is 18.7 Å². The van der Waals surface area contributed by atoms with Crippen molar-refractivity contribution in [2.75, 3.05) is 19.6 Å². The highest BCUT2D eigenvalue weighted by atomic mass is 19.3. The van der Waals surface area contributed by atoms with Crippen molar-refractivity contribution in [3.63, 3.8) is 0 Å². The van der Waals surface area contributed by atoms with Crippen LogP contribution in [0, 0.1) is 5.92 Å². The molecule has 3 N–H and O–H groups in total. The maximum absolute atomic E-state index is 15.2. The number of alkyl halides is 2. The van der Waals surface area contributed by atoms with Crippen molar-refractivity contribution < 1.29 is 27.9 Å². The molecule has 0 bridgehead atoms. The van der Waals surface area contributed by atoms with Gasteiger partial charge in [0.15, 0.2) is 6.10 Å². The van der Waals surface area contributed by atoms with E-state index in [-0.39, 0.29) is 17.0 Å². The molecule has 0 spiro atoms. The normalized spacial score (nSPS) is 12.8. The molecule has 33 heavy (non-hydrogen) atoms. The van der Waals surface area contributed by atoms with Crippen molar-refractivity contribution in [1.82, 2.24) is 16.0 Å². The van der Waals surface area contributed by atoms with E-state index < -0.39 is 30.6 Å². The van der Waals surface area contributed by atoms with Gasteiger partial charge in [-0.1, -0.05) is 67.6 Å². The van der Waals surface area contributed by atoms with Gasteiger partial charge in [0.25, 0.3) is 0 Å². The third-order valence-electron chi connectivity index (χ3n) is 5.03. The zero-order valence-corrected chi connectivity index (χ0v) is 18.4. The molecule has 0 saturated heterocycles. The number of halogens is 2. The summed E-state index contributed by atoms with van der Waals surface area (Å²) in [7, 11) is 0. The van der Waals surface area contributed by atoms with Gasteiger partial charge in [0.2, 0.25) is 12.3 Å². The summed E-state index contributed by atoms with van der Waals surface area (Å²) in [5.74, 6) is -3.67. The van der Waals surface area contributed by atoms with Gasteiger partial charge in [-0.25, -0.2) is 4.79 Å². The zero-order chi connectivity index (χ0) is 24.1. The van der Waals surface area contributed by atoms with Gasteiger partial charge in [-0.05, 0) is 24.3 Å². The minimum Gasteiger partial charge on any atom is -0.434 e. The number of carbonyl (C=O) groups is 3. The molecule has 2 aromatic carbocycles. The molecule has 0 aliphatic rings. The summed E-state index contributed by atoms with van der Waals surface area (Å²) in [5.41, 5.74) is -0.161. The summed E-state index contributed by atoms with van der Waals surface area (Å²) < 4.78 is 35.5. The van der Waals surface area contributed by atoms with E-state index in [1.165, 1.54) is 36.4 Å². The lowest BCUT2D eigenvalue weighted by Gasteiger charge is -2.27. The monoisotopic (exact) mass is 461 g/mol. The molecule has 9 heteroatoms. The predicted octanol–water partition coefficient (Wildman–Crippen LogP) is 3.52. The van der Waals surface area contributed by atoms with Crippen LogP contribution in [0.4, 0.5) is 13.6 Å². The Morgan fingerprint density at radius 1 is 0.970 bits per heavy atom. The summed E-state index contributed by atoms with van der Waals surface area (Å²) in [4.78, 5) is 34.5. The van der Waals surface area contributed by atoms with E-state index in [1.54, 1.807) is 24.3 Å². The Balaban J connectivity index is 1.89. The molecule has 0 aliphatic heterocycles. The van der Waals surface area contributed by atoms with Gasteiger partial charge < -0.3 is 20.7 Å². The SMILES string of the molecule is CC(CCNC=O)CCNC(=O)CNC(=O)OC(c1ccccc1)C(F)(F)c1ccccc1. The molecule has 7 nitrogen and oxygen atoms in total. The lowest BCUT2D eigenvalue weighted by molar-refractivity contribution is -0.123. The molecule has 0 heterocycles. The van der Waals surface area contributed by atoms with Crippen LogP contribution in [-0.2, 0) is 20.2 Å². The molecule has 0 saturated carbocycles. The molecular formula is C24H29F2N3O4. The van der Waals surface area contributed by atoms with Crippen molar-refractivity contribution >= 4 is 18.4 Å². The molecule has 3 amide bonds. The third kappa shape index (κ3) is 8.51. The van der Waals surface area contributed by atoms with E-state index in [0.717, 1.165) is 6.42 Å². The third-order valence-corrected chi connectivity index (χ3v) is 5.03. The number of alkyl carbamates (subject to hydrolysis) is 1. The summed E-state index contributed by atoms with van der Waals surface area (Å²) in [5, 5.41) is 7.46. The Hall–Kier alpha value is -3.49. The number of nitrogens with one attached hydrogen (secondary N) is 3. The Morgan fingerprint density at radius 3 is 2.21 bits per heavy atom. The molecule has 0 aromatic heterocycles. The second-order valence-corrected chi connectivity index (χ2v) is 7.64. The Morgan fingerprint density at radius 2 is 1.58 bits per heavy atom. The average Bonchev–Trinajstić information content (AvgIpc) is 2.82. The summed E-state index contributed by atoms with van der Waals surface area (Å²) in [6, 6.07) is 14.8. The van der Waals surface area contributed by atoms with Crippen LogP contribution in [-0.4, -0.2) is 38.0 Å². The number of rotatable bonds is 13. The van der Waals surface area contributed by atoms with Crippen molar-refractivity contribution in [2.24, 2.45) is 5.92 Å². The fourth-order valence-electron chi connectivity index (χ4n) is 3.15. The highest BCUT2D eigenvalue weighted by Gasteiger charge is 2.45. The van der Waals surface area contributed by atoms with Crippen LogP contribution in [0.2, 0.25) is 0 Å². The van der Waals surface area contributed by atoms with E-state index in [4.69, 9.17) is 4.74 Å². The number of carbonyl (C=O) groups excluding carboxylic acids is 3. The molecule has 2 unspecified atom stereocenters. The lowest BCUT2D eigenvalue weighted by Crippen LogP contribution is -2.39. The van der Waals surface area contributed by atoms with Crippen molar-refractivity contribution in [2.45, 2.75) is 31.8 Å². The Kier molecular flexibility index (Phi) is 10.3. The number of benzene rings is 2. The van der Waals surface area contributed by atoms with Crippen LogP contribution in [0.25, 0.3) is 0 Å². The maximum atomic E-state index is 15.2. The highest BCUT2D eigenvalue weighted by molar-refractivity contribution is 5.82. The first-order chi connectivity index (χ1) is 15.8. The first kappa shape index (κ1) is 25.8. The van der Waals surface area contributed by atoms with E-state index in [1.807, 2.05) is 6.92 Å². The maximum Gasteiger partial charge on any atom is 0.408 e. The average molecular weight is 462 g/mol. The Bertz CT molecular complexity index is 882. The minimum absolute atomic E-state index is 0.129. The van der Waals surface area contributed by atoms with Gasteiger partial charge in [-0.15, -0.1) is 0 Å². The molecule has 2 rings (SSSR count). The fourth-order valence-corrected chi connectivity index (χ4v) is 3.15. The van der Waals surface area contributed by atoms with E-state index in [2.05, 4.69) is 16.0 Å².